The molecule has 3 N–H and O–H groups in total. The topological polar surface area (TPSA) is 38.0 Å². The maximum absolute atomic E-state index is 5.71. The highest BCUT2D eigenvalue weighted by Crippen LogP contribution is 2.33. The Kier molecular flexibility index (Phi) is 2.46. The van der Waals surface area contributed by atoms with Crippen LogP contribution in [0.1, 0.15) is 25.3 Å². The van der Waals surface area contributed by atoms with Crippen molar-refractivity contribution < 1.29 is 0 Å². The van der Waals surface area contributed by atoms with Gasteiger partial charge in [0.15, 0.2) is 0 Å². The molecule has 0 atom stereocenters. The SMILES string of the molecule is CC1(NCCc2cccc(N)c2)CC1. The standard InChI is InChI=1S/C12H18N2/c1-12(6-7-12)14-8-5-10-3-2-4-11(13)9-10/h2-4,9,14H,5-8,13H2,1H3. The van der Waals surface area contributed by atoms with E-state index in [1.165, 1.54) is 18.4 Å². The number of nitrogens with two attached hydrogens (primary N) is 1. The molecule has 1 saturated carbocycles. The average molecular weight is 190 g/mol. The van der Waals surface area contributed by atoms with Crippen LogP contribution in [0.2, 0.25) is 0 Å². The normalized spacial score (nSPS) is 18.1. The van der Waals surface area contributed by atoms with E-state index in [2.05, 4.69) is 24.4 Å². The van der Waals surface area contributed by atoms with Gasteiger partial charge in [0, 0.05) is 11.2 Å². The molecular formula is C12H18N2. The quantitative estimate of drug-likeness (QED) is 0.712. The van der Waals surface area contributed by atoms with E-state index in [1.54, 1.807) is 0 Å². The Bertz CT molecular complexity index is 316. The summed E-state index contributed by atoms with van der Waals surface area (Å²) in [5, 5.41) is 3.56. The highest BCUT2D eigenvalue weighted by molar-refractivity contribution is 5.40. The summed E-state index contributed by atoms with van der Waals surface area (Å²) < 4.78 is 0. The molecule has 14 heavy (non-hydrogen) atoms. The van der Waals surface area contributed by atoms with Crippen LogP contribution in [0.4, 0.5) is 5.69 Å². The van der Waals surface area contributed by atoms with Crippen molar-refractivity contribution in [2.75, 3.05) is 12.3 Å². The molecule has 2 nitrogen and oxygen atoms in total. The van der Waals surface area contributed by atoms with E-state index < -0.39 is 0 Å². The Balaban J connectivity index is 1.80. The minimum Gasteiger partial charge on any atom is -0.399 e. The number of anilines is 1. The second-order valence-electron chi connectivity index (χ2n) is 4.48. The maximum atomic E-state index is 5.71. The van der Waals surface area contributed by atoms with Gasteiger partial charge in [0.2, 0.25) is 0 Å². The second-order valence-corrected chi connectivity index (χ2v) is 4.48. The van der Waals surface area contributed by atoms with Crippen LogP contribution in [-0.2, 0) is 6.42 Å². The molecule has 1 aromatic carbocycles. The Morgan fingerprint density at radius 1 is 1.43 bits per heavy atom. The summed E-state index contributed by atoms with van der Waals surface area (Å²) in [7, 11) is 0. The van der Waals surface area contributed by atoms with E-state index in [9.17, 15) is 0 Å². The Morgan fingerprint density at radius 2 is 2.21 bits per heavy atom. The largest absolute Gasteiger partial charge is 0.399 e. The van der Waals surface area contributed by atoms with Gasteiger partial charge in [-0.2, -0.15) is 0 Å². The molecule has 1 aliphatic rings. The molecule has 0 unspecified atom stereocenters. The zero-order valence-corrected chi connectivity index (χ0v) is 8.72. The fourth-order valence-corrected chi connectivity index (χ4v) is 1.62. The lowest BCUT2D eigenvalue weighted by atomic mass is 10.1. The van der Waals surface area contributed by atoms with Gasteiger partial charge in [-0.3, -0.25) is 0 Å². The molecule has 1 fully saturated rings. The van der Waals surface area contributed by atoms with Gasteiger partial charge in [-0.05, 0) is 50.4 Å². The number of nitrogens with one attached hydrogen (secondary N) is 1. The van der Waals surface area contributed by atoms with E-state index in [4.69, 9.17) is 5.73 Å². The van der Waals surface area contributed by atoms with Gasteiger partial charge in [0.25, 0.3) is 0 Å². The van der Waals surface area contributed by atoms with Crippen molar-refractivity contribution >= 4 is 5.69 Å². The van der Waals surface area contributed by atoms with Crippen molar-refractivity contribution in [1.82, 2.24) is 5.32 Å². The zero-order valence-electron chi connectivity index (χ0n) is 8.72. The maximum Gasteiger partial charge on any atom is 0.0316 e. The van der Waals surface area contributed by atoms with E-state index in [-0.39, 0.29) is 0 Å². The van der Waals surface area contributed by atoms with Gasteiger partial charge in [0.1, 0.15) is 0 Å². The van der Waals surface area contributed by atoms with Crippen molar-refractivity contribution in [3.63, 3.8) is 0 Å². The highest BCUT2D eigenvalue weighted by atomic mass is 15.0. The monoisotopic (exact) mass is 190 g/mol. The van der Waals surface area contributed by atoms with Crippen LogP contribution in [0, 0.1) is 0 Å². The van der Waals surface area contributed by atoms with E-state index >= 15 is 0 Å². The first kappa shape index (κ1) is 9.53. The minimum atomic E-state index is 0.445. The molecule has 0 saturated heterocycles. The summed E-state index contributed by atoms with van der Waals surface area (Å²) in [6.07, 6.45) is 3.72. The van der Waals surface area contributed by atoms with Gasteiger partial charge in [-0.25, -0.2) is 0 Å². The van der Waals surface area contributed by atoms with E-state index in [0.717, 1.165) is 18.7 Å². The molecule has 0 radical (unpaired) electrons. The summed E-state index contributed by atoms with van der Waals surface area (Å²) >= 11 is 0. The lowest BCUT2D eigenvalue weighted by molar-refractivity contribution is 0.541. The van der Waals surface area contributed by atoms with Gasteiger partial charge in [-0.15, -0.1) is 0 Å². The molecule has 2 rings (SSSR count). The van der Waals surface area contributed by atoms with E-state index in [1.807, 2.05) is 12.1 Å². The van der Waals surface area contributed by atoms with E-state index in [0.29, 0.717) is 5.54 Å². The van der Waals surface area contributed by atoms with Crippen LogP contribution in [0.3, 0.4) is 0 Å². The van der Waals surface area contributed by atoms with Crippen LogP contribution < -0.4 is 11.1 Å². The van der Waals surface area contributed by atoms with Crippen LogP contribution in [-0.4, -0.2) is 12.1 Å². The van der Waals surface area contributed by atoms with Gasteiger partial charge >= 0.3 is 0 Å². The number of benzene rings is 1. The molecule has 0 aromatic heterocycles. The first-order chi connectivity index (χ1) is 6.68. The fourth-order valence-electron chi connectivity index (χ4n) is 1.62. The molecule has 1 aromatic rings. The number of rotatable bonds is 4. The zero-order chi connectivity index (χ0) is 10.0. The minimum absolute atomic E-state index is 0.445. The van der Waals surface area contributed by atoms with Gasteiger partial charge < -0.3 is 11.1 Å². The molecule has 0 bridgehead atoms. The summed E-state index contributed by atoms with van der Waals surface area (Å²) in [4.78, 5) is 0. The Hall–Kier alpha value is -1.02. The first-order valence-corrected chi connectivity index (χ1v) is 5.27. The third-order valence-corrected chi connectivity index (χ3v) is 2.92. The first-order valence-electron chi connectivity index (χ1n) is 5.27. The third-order valence-electron chi connectivity index (χ3n) is 2.92. The molecule has 0 heterocycles. The summed E-state index contributed by atoms with van der Waals surface area (Å²) in [6, 6.07) is 8.13. The van der Waals surface area contributed by atoms with Crippen LogP contribution in [0.15, 0.2) is 24.3 Å². The number of hydrogen-bond donors (Lipinski definition) is 2. The molecule has 2 heteroatoms. The molecule has 76 valence electrons. The van der Waals surface area contributed by atoms with Gasteiger partial charge in [0.05, 0.1) is 0 Å². The van der Waals surface area contributed by atoms with Crippen molar-refractivity contribution in [2.45, 2.75) is 31.7 Å². The summed E-state index contributed by atoms with van der Waals surface area (Å²) in [6.45, 7) is 3.34. The summed E-state index contributed by atoms with van der Waals surface area (Å²) in [5.74, 6) is 0. The molecule has 1 aliphatic carbocycles. The molecule has 0 amide bonds. The molecular weight excluding hydrogens is 172 g/mol. The predicted molar refractivity (Wildman–Crippen MR) is 60.2 cm³/mol. The van der Waals surface area contributed by atoms with Crippen molar-refractivity contribution in [3.05, 3.63) is 29.8 Å². The smallest absolute Gasteiger partial charge is 0.0316 e. The van der Waals surface area contributed by atoms with Crippen LogP contribution >= 0.6 is 0 Å². The third kappa shape index (κ3) is 2.48. The Morgan fingerprint density at radius 3 is 2.86 bits per heavy atom. The predicted octanol–water partition coefficient (Wildman–Crippen LogP) is 1.95. The number of hydrogen-bond acceptors (Lipinski definition) is 2. The van der Waals surface area contributed by atoms with Gasteiger partial charge in [-0.1, -0.05) is 12.1 Å². The summed E-state index contributed by atoms with van der Waals surface area (Å²) in [5.41, 5.74) is 8.34. The Labute approximate surface area is 85.5 Å². The lowest BCUT2D eigenvalue weighted by Crippen LogP contribution is -2.29. The lowest BCUT2D eigenvalue weighted by Gasteiger charge is -2.10. The van der Waals surface area contributed by atoms with Crippen molar-refractivity contribution in [1.29, 1.82) is 0 Å². The number of nitrogen functional groups attached to an aromatic ring is 1. The highest BCUT2D eigenvalue weighted by Gasteiger charge is 2.35. The second kappa shape index (κ2) is 3.62. The van der Waals surface area contributed by atoms with Crippen molar-refractivity contribution in [3.8, 4) is 0 Å². The fraction of sp³-hybridized carbons (Fsp3) is 0.500. The van der Waals surface area contributed by atoms with Crippen LogP contribution in [0.5, 0.6) is 0 Å². The average Bonchev–Trinajstić information content (AvgIpc) is 2.84. The molecule has 0 aliphatic heterocycles. The van der Waals surface area contributed by atoms with Crippen LogP contribution in [0.25, 0.3) is 0 Å². The molecule has 0 spiro atoms. The van der Waals surface area contributed by atoms with Crippen molar-refractivity contribution in [2.24, 2.45) is 0 Å².